The first-order valence-corrected chi connectivity index (χ1v) is 12.5. The van der Waals surface area contributed by atoms with Gasteiger partial charge in [0.05, 0.1) is 5.33 Å². The van der Waals surface area contributed by atoms with E-state index in [-0.39, 0.29) is 22.8 Å². The zero-order chi connectivity index (χ0) is 26.2. The number of alkyl carbamates (subject to hydrolysis) is 1. The van der Waals surface area contributed by atoms with E-state index in [0.29, 0.717) is 17.5 Å². The predicted molar refractivity (Wildman–Crippen MR) is 138 cm³/mol. The molecule has 0 heterocycles. The SMILES string of the molecule is CC(C)CC(NC(=O)OC(C)(C)C)C(=O)OCC(=O)c1ccc(-c2ccc(C(=O)CBr)cc2)cc1. The molecule has 7 nitrogen and oxygen atoms in total. The molecule has 0 aliphatic rings. The van der Waals surface area contributed by atoms with Crippen LogP contribution in [0.5, 0.6) is 0 Å². The number of esters is 1. The van der Waals surface area contributed by atoms with Gasteiger partial charge in [0.15, 0.2) is 18.2 Å². The van der Waals surface area contributed by atoms with Gasteiger partial charge in [0, 0.05) is 11.1 Å². The maximum Gasteiger partial charge on any atom is 0.408 e. The summed E-state index contributed by atoms with van der Waals surface area (Å²) in [4.78, 5) is 49.0. The summed E-state index contributed by atoms with van der Waals surface area (Å²) in [5.74, 6) is -0.933. The summed E-state index contributed by atoms with van der Waals surface area (Å²) < 4.78 is 10.4. The average Bonchev–Trinajstić information content (AvgIpc) is 2.80. The molecule has 1 amide bonds. The second-order valence-electron chi connectivity index (χ2n) is 9.57. The lowest BCUT2D eigenvalue weighted by molar-refractivity contribution is -0.145. The molecule has 2 aromatic carbocycles. The molecule has 35 heavy (non-hydrogen) atoms. The number of carbonyl (C=O) groups excluding carboxylic acids is 4. The molecule has 0 aromatic heterocycles. The molecular formula is C27H32BrNO6. The Morgan fingerprint density at radius 1 is 0.857 bits per heavy atom. The Kier molecular flexibility index (Phi) is 10.2. The first-order chi connectivity index (χ1) is 16.4. The van der Waals surface area contributed by atoms with Crippen LogP contribution in [0, 0.1) is 5.92 Å². The molecule has 0 saturated carbocycles. The van der Waals surface area contributed by atoms with Crippen LogP contribution in [0.2, 0.25) is 0 Å². The van der Waals surface area contributed by atoms with Crippen LogP contribution >= 0.6 is 15.9 Å². The van der Waals surface area contributed by atoms with E-state index in [9.17, 15) is 19.2 Å². The number of ketones is 2. The van der Waals surface area contributed by atoms with Crippen molar-refractivity contribution in [2.75, 3.05) is 11.9 Å². The minimum absolute atomic E-state index is 0.00368. The summed E-state index contributed by atoms with van der Waals surface area (Å²) in [6, 6.07) is 13.2. The fraction of sp³-hybridized carbons (Fsp3) is 0.407. The number of Topliss-reactive ketones (excluding diaryl/α,β-unsaturated/α-hetero) is 2. The van der Waals surface area contributed by atoms with Crippen molar-refractivity contribution in [1.29, 1.82) is 0 Å². The molecule has 2 rings (SSSR count). The number of hydrogen-bond donors (Lipinski definition) is 1. The molecule has 0 radical (unpaired) electrons. The van der Waals surface area contributed by atoms with E-state index in [1.165, 1.54) is 0 Å². The molecule has 0 spiro atoms. The van der Waals surface area contributed by atoms with Crippen molar-refractivity contribution in [2.45, 2.75) is 52.7 Å². The molecule has 188 valence electrons. The lowest BCUT2D eigenvalue weighted by Gasteiger charge is -2.23. The van der Waals surface area contributed by atoms with Crippen LogP contribution in [-0.4, -0.2) is 47.2 Å². The van der Waals surface area contributed by atoms with Gasteiger partial charge in [-0.2, -0.15) is 0 Å². The third kappa shape index (κ3) is 9.28. The van der Waals surface area contributed by atoms with Crippen molar-refractivity contribution in [1.82, 2.24) is 5.32 Å². The minimum Gasteiger partial charge on any atom is -0.456 e. The van der Waals surface area contributed by atoms with Crippen molar-refractivity contribution in [2.24, 2.45) is 5.92 Å². The Labute approximate surface area is 214 Å². The number of carbonyl (C=O) groups is 4. The van der Waals surface area contributed by atoms with Crippen LogP contribution in [-0.2, 0) is 14.3 Å². The Morgan fingerprint density at radius 3 is 1.77 bits per heavy atom. The van der Waals surface area contributed by atoms with Crippen molar-refractivity contribution in [3.8, 4) is 11.1 Å². The van der Waals surface area contributed by atoms with Crippen LogP contribution in [0.4, 0.5) is 4.79 Å². The van der Waals surface area contributed by atoms with E-state index in [4.69, 9.17) is 9.47 Å². The van der Waals surface area contributed by atoms with Gasteiger partial charge in [0.2, 0.25) is 0 Å². The van der Waals surface area contributed by atoms with Crippen LogP contribution in [0.3, 0.4) is 0 Å². The van der Waals surface area contributed by atoms with Gasteiger partial charge < -0.3 is 14.8 Å². The van der Waals surface area contributed by atoms with Crippen molar-refractivity contribution in [3.63, 3.8) is 0 Å². The summed E-state index contributed by atoms with van der Waals surface area (Å²) >= 11 is 3.16. The third-order valence-corrected chi connectivity index (χ3v) is 5.41. The van der Waals surface area contributed by atoms with E-state index in [2.05, 4.69) is 21.2 Å². The van der Waals surface area contributed by atoms with E-state index in [1.54, 1.807) is 57.2 Å². The maximum absolute atomic E-state index is 12.6. The number of amides is 1. The summed E-state index contributed by atoms with van der Waals surface area (Å²) in [6.45, 7) is 8.58. The summed E-state index contributed by atoms with van der Waals surface area (Å²) in [5.41, 5.74) is 2.11. The molecule has 8 heteroatoms. The van der Waals surface area contributed by atoms with Crippen molar-refractivity contribution >= 4 is 39.6 Å². The van der Waals surface area contributed by atoms with Crippen LogP contribution in [0.1, 0.15) is 61.8 Å². The number of benzene rings is 2. The van der Waals surface area contributed by atoms with Gasteiger partial charge in [0.1, 0.15) is 11.6 Å². The van der Waals surface area contributed by atoms with Gasteiger partial charge >= 0.3 is 12.1 Å². The Hall–Kier alpha value is -3.00. The topological polar surface area (TPSA) is 98.8 Å². The highest BCUT2D eigenvalue weighted by molar-refractivity contribution is 9.09. The summed E-state index contributed by atoms with van der Waals surface area (Å²) in [7, 11) is 0. The number of rotatable bonds is 10. The number of ether oxygens (including phenoxy) is 2. The largest absolute Gasteiger partial charge is 0.456 e. The van der Waals surface area contributed by atoms with Gasteiger partial charge in [-0.05, 0) is 44.2 Å². The predicted octanol–water partition coefficient (Wildman–Crippen LogP) is 5.60. The quantitative estimate of drug-likeness (QED) is 0.237. The Balaban J connectivity index is 1.99. The van der Waals surface area contributed by atoms with Crippen LogP contribution in [0.15, 0.2) is 48.5 Å². The fourth-order valence-corrected chi connectivity index (χ4v) is 3.55. The molecular weight excluding hydrogens is 514 g/mol. The molecule has 0 bridgehead atoms. The normalized spacial score (nSPS) is 12.1. The lowest BCUT2D eigenvalue weighted by Crippen LogP contribution is -2.45. The average molecular weight is 546 g/mol. The number of alkyl halides is 1. The van der Waals surface area contributed by atoms with Crippen LogP contribution in [0.25, 0.3) is 11.1 Å². The monoisotopic (exact) mass is 545 g/mol. The zero-order valence-corrected chi connectivity index (χ0v) is 22.3. The molecule has 0 fully saturated rings. The third-order valence-electron chi connectivity index (χ3n) is 4.90. The number of nitrogens with one attached hydrogen (secondary N) is 1. The first kappa shape index (κ1) is 28.2. The maximum atomic E-state index is 12.6. The van der Waals surface area contributed by atoms with Crippen LogP contribution < -0.4 is 5.32 Å². The summed E-state index contributed by atoms with van der Waals surface area (Å²) in [5, 5.41) is 2.80. The van der Waals surface area contributed by atoms with Crippen molar-refractivity contribution in [3.05, 3.63) is 59.7 Å². The van der Waals surface area contributed by atoms with E-state index in [0.717, 1.165) is 11.1 Å². The zero-order valence-electron chi connectivity index (χ0n) is 20.7. The second-order valence-corrected chi connectivity index (χ2v) is 10.1. The molecule has 1 N–H and O–H groups in total. The van der Waals surface area contributed by atoms with Gasteiger partial charge in [0.25, 0.3) is 0 Å². The fourth-order valence-electron chi connectivity index (χ4n) is 3.23. The standard InChI is InChI=1S/C27H32BrNO6/c1-17(2)14-22(29-26(33)35-27(3,4)5)25(32)34-16-24(31)21-12-8-19(9-13-21)18-6-10-20(11-7-18)23(30)15-28/h6-13,17,22H,14-16H2,1-5H3,(H,29,33). The minimum atomic E-state index is -0.917. The Bertz CT molecular complexity index is 1040. The first-order valence-electron chi connectivity index (χ1n) is 11.4. The van der Waals surface area contributed by atoms with Gasteiger partial charge in [-0.3, -0.25) is 9.59 Å². The smallest absolute Gasteiger partial charge is 0.408 e. The molecule has 0 saturated heterocycles. The number of hydrogen-bond acceptors (Lipinski definition) is 6. The van der Waals surface area contributed by atoms with E-state index < -0.39 is 30.3 Å². The van der Waals surface area contributed by atoms with E-state index in [1.807, 2.05) is 26.0 Å². The van der Waals surface area contributed by atoms with Gasteiger partial charge in [-0.25, -0.2) is 9.59 Å². The second kappa shape index (κ2) is 12.6. The summed E-state index contributed by atoms with van der Waals surface area (Å²) in [6.07, 6.45) is -0.368. The molecule has 1 unspecified atom stereocenters. The molecule has 2 aromatic rings. The van der Waals surface area contributed by atoms with Gasteiger partial charge in [-0.1, -0.05) is 78.3 Å². The lowest BCUT2D eigenvalue weighted by atomic mass is 10.0. The highest BCUT2D eigenvalue weighted by atomic mass is 79.9. The number of halogens is 1. The highest BCUT2D eigenvalue weighted by Gasteiger charge is 2.27. The highest BCUT2D eigenvalue weighted by Crippen LogP contribution is 2.21. The molecule has 0 aliphatic carbocycles. The Morgan fingerprint density at radius 2 is 1.34 bits per heavy atom. The van der Waals surface area contributed by atoms with E-state index >= 15 is 0 Å². The molecule has 1 atom stereocenters. The van der Waals surface area contributed by atoms with Gasteiger partial charge in [-0.15, -0.1) is 0 Å². The molecule has 0 aliphatic heterocycles. The van der Waals surface area contributed by atoms with Crippen molar-refractivity contribution < 1.29 is 28.7 Å².